The van der Waals surface area contributed by atoms with Gasteiger partial charge in [0.1, 0.15) is 11.3 Å². The van der Waals surface area contributed by atoms with Gasteiger partial charge in [-0.05, 0) is 43.7 Å². The van der Waals surface area contributed by atoms with Gasteiger partial charge in [0, 0.05) is 0 Å². The summed E-state index contributed by atoms with van der Waals surface area (Å²) in [5, 5.41) is 9.59. The van der Waals surface area contributed by atoms with Crippen LogP contribution in [0.25, 0.3) is 0 Å². The van der Waals surface area contributed by atoms with E-state index in [2.05, 4.69) is 19.9 Å². The highest BCUT2D eigenvalue weighted by Gasteiger charge is 2.22. The second-order valence-corrected chi connectivity index (χ2v) is 5.29. The lowest BCUT2D eigenvalue weighted by molar-refractivity contribution is 0.0397. The number of rotatable bonds is 3. The van der Waals surface area contributed by atoms with Crippen LogP contribution in [0, 0.1) is 11.8 Å². The first-order valence-corrected chi connectivity index (χ1v) is 6.70. The molecular weight excluding hydrogens is 240 g/mol. The average Bonchev–Trinajstić information content (AvgIpc) is 2.38. The second kappa shape index (κ2) is 5.91. The molecule has 0 fully saturated rings. The molecule has 3 heteroatoms. The monoisotopic (exact) mass is 260 g/mol. The molecule has 0 amide bonds. The van der Waals surface area contributed by atoms with Crippen molar-refractivity contribution < 1.29 is 14.6 Å². The Morgan fingerprint density at radius 1 is 1.42 bits per heavy atom. The lowest BCUT2D eigenvalue weighted by Gasteiger charge is -2.26. The predicted octanol–water partition coefficient (Wildman–Crippen LogP) is 3.54. The van der Waals surface area contributed by atoms with Gasteiger partial charge in [-0.3, -0.25) is 0 Å². The minimum atomic E-state index is -0.448. The van der Waals surface area contributed by atoms with Gasteiger partial charge in [0.15, 0.2) is 0 Å². The van der Waals surface area contributed by atoms with Crippen LogP contribution in [-0.4, -0.2) is 17.7 Å². The first-order valence-electron chi connectivity index (χ1n) is 6.70. The number of benzene rings is 1. The first kappa shape index (κ1) is 13.7. The topological polar surface area (TPSA) is 46.5 Å². The Kier molecular flexibility index (Phi) is 4.25. The van der Waals surface area contributed by atoms with E-state index in [-0.39, 0.29) is 11.3 Å². The van der Waals surface area contributed by atoms with Crippen molar-refractivity contribution in [2.45, 2.75) is 26.7 Å². The zero-order chi connectivity index (χ0) is 13.8. The average molecular weight is 260 g/mol. The highest BCUT2D eigenvalue weighted by atomic mass is 16.5. The van der Waals surface area contributed by atoms with Gasteiger partial charge in [-0.15, -0.1) is 0 Å². The molecule has 2 rings (SSSR count). The molecule has 2 unspecified atom stereocenters. The molecule has 2 atom stereocenters. The number of hydrogen-bond donors (Lipinski definition) is 1. The van der Waals surface area contributed by atoms with Gasteiger partial charge in [-0.2, -0.15) is 0 Å². The van der Waals surface area contributed by atoms with Gasteiger partial charge in [-0.1, -0.05) is 30.7 Å². The van der Waals surface area contributed by atoms with Crippen LogP contribution in [0.3, 0.4) is 0 Å². The summed E-state index contributed by atoms with van der Waals surface area (Å²) in [5.74, 6) is 0.334. The van der Waals surface area contributed by atoms with Crippen molar-refractivity contribution in [1.82, 2.24) is 0 Å². The van der Waals surface area contributed by atoms with Gasteiger partial charge in [0.2, 0.25) is 0 Å². The molecule has 1 aliphatic rings. The molecule has 3 nitrogen and oxygen atoms in total. The molecule has 1 N–H and O–H groups in total. The van der Waals surface area contributed by atoms with Crippen LogP contribution in [-0.2, 0) is 4.74 Å². The zero-order valence-corrected chi connectivity index (χ0v) is 11.4. The fourth-order valence-corrected chi connectivity index (χ4v) is 2.49. The van der Waals surface area contributed by atoms with Gasteiger partial charge in [0.25, 0.3) is 0 Å². The third-order valence-electron chi connectivity index (χ3n) is 3.75. The van der Waals surface area contributed by atoms with E-state index in [1.165, 1.54) is 11.6 Å². The molecule has 0 aliphatic heterocycles. The fraction of sp³-hybridized carbons (Fsp3) is 0.438. The summed E-state index contributed by atoms with van der Waals surface area (Å²) >= 11 is 0. The molecule has 1 aromatic rings. The standard InChI is InChI=1S/C16H20O3/c1-11-7-8-13(12(2)9-11)10-19-16(18)14-5-3-4-6-15(14)17/h3-6,9,12-13,17H,7-8,10H2,1-2H3. The largest absolute Gasteiger partial charge is 0.507 e. The van der Waals surface area contributed by atoms with Crippen LogP contribution in [0.15, 0.2) is 35.9 Å². The lowest BCUT2D eigenvalue weighted by Crippen LogP contribution is -2.22. The number of phenols is 1. The Morgan fingerprint density at radius 2 is 2.16 bits per heavy atom. The number of ether oxygens (including phenoxy) is 1. The maximum Gasteiger partial charge on any atom is 0.341 e. The molecule has 0 saturated carbocycles. The number of hydrogen-bond acceptors (Lipinski definition) is 3. The Labute approximate surface area is 113 Å². The third kappa shape index (κ3) is 3.37. The van der Waals surface area contributed by atoms with Crippen LogP contribution < -0.4 is 0 Å². The van der Waals surface area contributed by atoms with Crippen LogP contribution in [0.2, 0.25) is 0 Å². The minimum absolute atomic E-state index is 0.0278. The van der Waals surface area contributed by atoms with E-state index in [1.807, 2.05) is 0 Å². The number of carbonyl (C=O) groups is 1. The Morgan fingerprint density at radius 3 is 2.84 bits per heavy atom. The van der Waals surface area contributed by atoms with Crippen molar-refractivity contribution in [2.75, 3.05) is 6.61 Å². The Bertz CT molecular complexity index is 491. The first-order chi connectivity index (χ1) is 9.08. The third-order valence-corrected chi connectivity index (χ3v) is 3.75. The molecule has 102 valence electrons. The number of carbonyl (C=O) groups excluding carboxylic acids is 1. The lowest BCUT2D eigenvalue weighted by atomic mass is 9.83. The Hall–Kier alpha value is -1.77. The van der Waals surface area contributed by atoms with E-state index >= 15 is 0 Å². The van der Waals surface area contributed by atoms with Crippen LogP contribution >= 0.6 is 0 Å². The van der Waals surface area contributed by atoms with Gasteiger partial charge in [0.05, 0.1) is 6.61 Å². The highest BCUT2D eigenvalue weighted by molar-refractivity contribution is 5.92. The van der Waals surface area contributed by atoms with Gasteiger partial charge < -0.3 is 9.84 Å². The maximum atomic E-state index is 11.9. The number of phenolic OH excluding ortho intramolecular Hbond substituents is 1. The number of esters is 1. The van der Waals surface area contributed by atoms with E-state index in [9.17, 15) is 9.90 Å². The summed E-state index contributed by atoms with van der Waals surface area (Å²) in [7, 11) is 0. The molecule has 0 radical (unpaired) electrons. The summed E-state index contributed by atoms with van der Waals surface area (Å²) in [6.45, 7) is 4.71. The molecule has 19 heavy (non-hydrogen) atoms. The summed E-state index contributed by atoms with van der Waals surface area (Å²) in [6, 6.07) is 6.46. The van der Waals surface area contributed by atoms with E-state index < -0.39 is 5.97 Å². The number of aromatic hydroxyl groups is 1. The maximum absolute atomic E-state index is 11.9. The van der Waals surface area contributed by atoms with Gasteiger partial charge >= 0.3 is 5.97 Å². The van der Waals surface area contributed by atoms with E-state index in [4.69, 9.17) is 4.74 Å². The van der Waals surface area contributed by atoms with Gasteiger partial charge in [-0.25, -0.2) is 4.79 Å². The normalized spacial score (nSPS) is 22.7. The van der Waals surface area contributed by atoms with Crippen molar-refractivity contribution in [1.29, 1.82) is 0 Å². The fourth-order valence-electron chi connectivity index (χ4n) is 2.49. The predicted molar refractivity (Wildman–Crippen MR) is 74.0 cm³/mol. The summed E-state index contributed by atoms with van der Waals surface area (Å²) in [6.07, 6.45) is 4.38. The zero-order valence-electron chi connectivity index (χ0n) is 11.4. The van der Waals surface area contributed by atoms with Crippen LogP contribution in [0.5, 0.6) is 5.75 Å². The van der Waals surface area contributed by atoms with Crippen LogP contribution in [0.1, 0.15) is 37.0 Å². The highest BCUT2D eigenvalue weighted by Crippen LogP contribution is 2.29. The Balaban J connectivity index is 1.93. The molecule has 0 aromatic heterocycles. The molecular formula is C16H20O3. The molecule has 0 spiro atoms. The molecule has 1 aliphatic carbocycles. The van der Waals surface area contributed by atoms with Crippen molar-refractivity contribution >= 4 is 5.97 Å². The van der Waals surface area contributed by atoms with Crippen molar-refractivity contribution in [2.24, 2.45) is 11.8 Å². The van der Waals surface area contributed by atoms with E-state index in [1.54, 1.807) is 18.2 Å². The van der Waals surface area contributed by atoms with E-state index in [0.717, 1.165) is 12.8 Å². The minimum Gasteiger partial charge on any atom is -0.507 e. The van der Waals surface area contributed by atoms with Crippen LogP contribution in [0.4, 0.5) is 0 Å². The molecule has 0 bridgehead atoms. The van der Waals surface area contributed by atoms with E-state index in [0.29, 0.717) is 18.4 Å². The quantitative estimate of drug-likeness (QED) is 0.668. The van der Waals surface area contributed by atoms with Crippen molar-refractivity contribution in [3.05, 3.63) is 41.5 Å². The molecule has 0 saturated heterocycles. The van der Waals surface area contributed by atoms with Crippen molar-refractivity contribution in [3.63, 3.8) is 0 Å². The summed E-state index contributed by atoms with van der Waals surface area (Å²) in [4.78, 5) is 11.9. The number of allylic oxidation sites excluding steroid dienone is 2. The molecule has 0 heterocycles. The van der Waals surface area contributed by atoms with Crippen molar-refractivity contribution in [3.8, 4) is 5.75 Å². The smallest absolute Gasteiger partial charge is 0.341 e. The second-order valence-electron chi connectivity index (χ2n) is 5.29. The summed E-state index contributed by atoms with van der Waals surface area (Å²) < 4.78 is 5.33. The molecule has 1 aromatic carbocycles. The number of para-hydroxylation sites is 1. The summed E-state index contributed by atoms with van der Waals surface area (Å²) in [5.41, 5.74) is 1.65. The SMILES string of the molecule is CC1=CC(C)C(COC(=O)c2ccccc2O)CC1.